The standard InChI is InChI=1S/C12H16ClNO2S/c1-8-10(12(15)16)3-2-5-14(8)7-9-4-6-17-11(9)13/h4,6,8,10H,2-3,5,7H2,1H3,(H,15,16)/t8-,10-/m1/s1. The molecule has 0 saturated carbocycles. The molecule has 1 aromatic rings. The number of likely N-dealkylation sites (tertiary alicyclic amines) is 1. The minimum atomic E-state index is -0.682. The smallest absolute Gasteiger partial charge is 0.308 e. The lowest BCUT2D eigenvalue weighted by molar-refractivity contribution is -0.145. The van der Waals surface area contributed by atoms with Crippen LogP contribution in [0, 0.1) is 5.92 Å². The Kier molecular flexibility index (Phi) is 4.07. The molecule has 2 rings (SSSR count). The van der Waals surface area contributed by atoms with E-state index in [0.29, 0.717) is 0 Å². The summed E-state index contributed by atoms with van der Waals surface area (Å²) in [6.07, 6.45) is 1.73. The average molecular weight is 274 g/mol. The summed E-state index contributed by atoms with van der Waals surface area (Å²) in [5.74, 6) is -0.931. The third-order valence-corrected chi connectivity index (χ3v) is 4.75. The molecule has 0 bridgehead atoms. The number of hydrogen-bond donors (Lipinski definition) is 1. The van der Waals surface area contributed by atoms with Gasteiger partial charge in [-0.1, -0.05) is 11.6 Å². The summed E-state index contributed by atoms with van der Waals surface area (Å²) in [5, 5.41) is 11.1. The van der Waals surface area contributed by atoms with E-state index in [1.54, 1.807) is 0 Å². The molecule has 0 unspecified atom stereocenters. The van der Waals surface area contributed by atoms with E-state index in [0.717, 1.165) is 35.8 Å². The Morgan fingerprint density at radius 2 is 2.47 bits per heavy atom. The number of hydrogen-bond acceptors (Lipinski definition) is 3. The van der Waals surface area contributed by atoms with Crippen LogP contribution in [0.25, 0.3) is 0 Å². The third kappa shape index (κ3) is 2.81. The molecule has 3 nitrogen and oxygen atoms in total. The lowest BCUT2D eigenvalue weighted by Crippen LogP contribution is -2.45. The van der Waals surface area contributed by atoms with Crippen molar-refractivity contribution in [3.8, 4) is 0 Å². The molecular formula is C12H16ClNO2S. The van der Waals surface area contributed by atoms with Gasteiger partial charge in [-0.15, -0.1) is 11.3 Å². The van der Waals surface area contributed by atoms with E-state index in [9.17, 15) is 4.79 Å². The van der Waals surface area contributed by atoms with E-state index in [1.165, 1.54) is 11.3 Å². The fourth-order valence-corrected chi connectivity index (χ4v) is 3.33. The van der Waals surface area contributed by atoms with Crippen molar-refractivity contribution >= 4 is 28.9 Å². The number of piperidine rings is 1. The zero-order valence-electron chi connectivity index (χ0n) is 9.73. The number of aliphatic carboxylic acids is 1. The summed E-state index contributed by atoms with van der Waals surface area (Å²) in [6, 6.07) is 2.10. The van der Waals surface area contributed by atoms with Crippen LogP contribution in [-0.2, 0) is 11.3 Å². The number of carbonyl (C=O) groups is 1. The van der Waals surface area contributed by atoms with Crippen molar-refractivity contribution in [3.05, 3.63) is 21.3 Å². The molecule has 0 spiro atoms. The minimum absolute atomic E-state index is 0.0808. The molecule has 94 valence electrons. The predicted octanol–water partition coefficient (Wildman–Crippen LogP) is 3.09. The molecule has 2 heterocycles. The number of nitrogens with zero attached hydrogens (tertiary/aromatic N) is 1. The molecule has 5 heteroatoms. The summed E-state index contributed by atoms with van der Waals surface area (Å²) >= 11 is 7.60. The van der Waals surface area contributed by atoms with Crippen molar-refractivity contribution in [2.24, 2.45) is 5.92 Å². The van der Waals surface area contributed by atoms with Gasteiger partial charge in [-0.3, -0.25) is 9.69 Å². The van der Waals surface area contributed by atoms with Crippen LogP contribution in [0.1, 0.15) is 25.3 Å². The van der Waals surface area contributed by atoms with Gasteiger partial charge in [0.15, 0.2) is 0 Å². The highest BCUT2D eigenvalue weighted by molar-refractivity contribution is 7.14. The van der Waals surface area contributed by atoms with Gasteiger partial charge in [0.1, 0.15) is 0 Å². The predicted molar refractivity (Wildman–Crippen MR) is 69.6 cm³/mol. The van der Waals surface area contributed by atoms with Gasteiger partial charge < -0.3 is 5.11 Å². The Morgan fingerprint density at radius 3 is 3.06 bits per heavy atom. The maximum atomic E-state index is 11.1. The first-order chi connectivity index (χ1) is 8.09. The molecule has 1 N–H and O–H groups in total. The Bertz CT molecular complexity index is 407. The van der Waals surface area contributed by atoms with Crippen molar-refractivity contribution in [3.63, 3.8) is 0 Å². The molecule has 1 saturated heterocycles. The Labute approximate surface area is 110 Å². The van der Waals surface area contributed by atoms with Crippen LogP contribution in [0.2, 0.25) is 4.34 Å². The van der Waals surface area contributed by atoms with Crippen molar-refractivity contribution < 1.29 is 9.90 Å². The van der Waals surface area contributed by atoms with Gasteiger partial charge in [-0.05, 0) is 43.3 Å². The van der Waals surface area contributed by atoms with Crippen molar-refractivity contribution in [1.29, 1.82) is 0 Å². The Hall–Kier alpha value is -0.580. The van der Waals surface area contributed by atoms with E-state index < -0.39 is 5.97 Å². The SMILES string of the molecule is C[C@@H]1[C@H](C(=O)O)CCCN1Cc1ccsc1Cl. The second kappa shape index (κ2) is 5.38. The fraction of sp³-hybridized carbons (Fsp3) is 0.583. The molecule has 1 aromatic heterocycles. The molecular weight excluding hydrogens is 258 g/mol. The summed E-state index contributed by atoms with van der Waals surface area (Å²) < 4.78 is 0.814. The normalized spacial score (nSPS) is 26.0. The summed E-state index contributed by atoms with van der Waals surface area (Å²) in [4.78, 5) is 13.3. The quantitative estimate of drug-likeness (QED) is 0.920. The van der Waals surface area contributed by atoms with Gasteiger partial charge in [0, 0.05) is 12.6 Å². The van der Waals surface area contributed by atoms with Crippen LogP contribution >= 0.6 is 22.9 Å². The zero-order valence-corrected chi connectivity index (χ0v) is 11.3. The highest BCUT2D eigenvalue weighted by Gasteiger charge is 2.32. The topological polar surface area (TPSA) is 40.5 Å². The maximum absolute atomic E-state index is 11.1. The van der Waals surface area contributed by atoms with Crippen molar-refractivity contribution in [1.82, 2.24) is 4.90 Å². The van der Waals surface area contributed by atoms with Gasteiger partial charge in [-0.25, -0.2) is 0 Å². The fourth-order valence-electron chi connectivity index (χ4n) is 2.42. The second-order valence-electron chi connectivity index (χ2n) is 4.52. The summed E-state index contributed by atoms with van der Waals surface area (Å²) in [5.41, 5.74) is 1.11. The molecule has 1 aliphatic heterocycles. The van der Waals surface area contributed by atoms with Crippen molar-refractivity contribution in [2.45, 2.75) is 32.4 Å². The first-order valence-electron chi connectivity index (χ1n) is 5.78. The van der Waals surface area contributed by atoms with E-state index in [1.807, 2.05) is 18.4 Å². The number of rotatable bonds is 3. The third-order valence-electron chi connectivity index (χ3n) is 3.50. The molecule has 1 fully saturated rings. The summed E-state index contributed by atoms with van der Waals surface area (Å²) in [6.45, 7) is 3.71. The molecule has 0 aliphatic carbocycles. The Balaban J connectivity index is 2.06. The first-order valence-corrected chi connectivity index (χ1v) is 7.04. The van der Waals surface area contributed by atoms with Crippen LogP contribution in [-0.4, -0.2) is 28.6 Å². The molecule has 0 radical (unpaired) electrons. The lowest BCUT2D eigenvalue weighted by Gasteiger charge is -2.37. The molecule has 2 atom stereocenters. The number of halogens is 1. The molecule has 17 heavy (non-hydrogen) atoms. The number of thiophene rings is 1. The van der Waals surface area contributed by atoms with Gasteiger partial charge >= 0.3 is 5.97 Å². The molecule has 0 amide bonds. The van der Waals surface area contributed by atoms with Gasteiger partial charge in [0.2, 0.25) is 0 Å². The van der Waals surface area contributed by atoms with Crippen LogP contribution in [0.3, 0.4) is 0 Å². The largest absolute Gasteiger partial charge is 0.481 e. The number of carboxylic acid groups (broad SMARTS) is 1. The second-order valence-corrected chi connectivity index (χ2v) is 6.04. The average Bonchev–Trinajstić information content (AvgIpc) is 2.67. The van der Waals surface area contributed by atoms with Gasteiger partial charge in [0.25, 0.3) is 0 Å². The molecule has 0 aromatic carbocycles. The van der Waals surface area contributed by atoms with Gasteiger partial charge in [0.05, 0.1) is 10.3 Å². The van der Waals surface area contributed by atoms with E-state index in [-0.39, 0.29) is 12.0 Å². The molecule has 1 aliphatic rings. The minimum Gasteiger partial charge on any atom is -0.481 e. The van der Waals surface area contributed by atoms with Crippen LogP contribution in [0.15, 0.2) is 11.4 Å². The van der Waals surface area contributed by atoms with E-state index in [2.05, 4.69) is 4.90 Å². The highest BCUT2D eigenvalue weighted by Crippen LogP contribution is 2.29. The first kappa shape index (κ1) is 12.9. The van der Waals surface area contributed by atoms with Gasteiger partial charge in [-0.2, -0.15) is 0 Å². The lowest BCUT2D eigenvalue weighted by atomic mass is 9.90. The van der Waals surface area contributed by atoms with Crippen LogP contribution < -0.4 is 0 Å². The maximum Gasteiger partial charge on any atom is 0.308 e. The zero-order chi connectivity index (χ0) is 12.4. The van der Waals surface area contributed by atoms with E-state index >= 15 is 0 Å². The number of carboxylic acids is 1. The Morgan fingerprint density at radius 1 is 1.71 bits per heavy atom. The highest BCUT2D eigenvalue weighted by atomic mass is 35.5. The van der Waals surface area contributed by atoms with Crippen LogP contribution in [0.5, 0.6) is 0 Å². The van der Waals surface area contributed by atoms with Crippen LogP contribution in [0.4, 0.5) is 0 Å². The van der Waals surface area contributed by atoms with Crippen molar-refractivity contribution in [2.75, 3.05) is 6.54 Å². The van der Waals surface area contributed by atoms with E-state index in [4.69, 9.17) is 16.7 Å². The summed E-state index contributed by atoms with van der Waals surface area (Å²) in [7, 11) is 0. The monoisotopic (exact) mass is 273 g/mol.